The fourth-order valence-corrected chi connectivity index (χ4v) is 2.59. The summed E-state index contributed by atoms with van der Waals surface area (Å²) in [5, 5.41) is 4.25. The molecule has 1 N–H and O–H groups in total. The van der Waals surface area contributed by atoms with Crippen LogP contribution in [0.1, 0.15) is 17.0 Å². The van der Waals surface area contributed by atoms with Crippen molar-refractivity contribution in [2.75, 3.05) is 13.6 Å². The van der Waals surface area contributed by atoms with Crippen molar-refractivity contribution in [2.45, 2.75) is 12.3 Å². The van der Waals surface area contributed by atoms with Gasteiger partial charge in [-0.15, -0.1) is 0 Å². The van der Waals surface area contributed by atoms with Gasteiger partial charge in [0.05, 0.1) is 10.0 Å². The van der Waals surface area contributed by atoms with Gasteiger partial charge in [0.25, 0.3) is 0 Å². The minimum absolute atomic E-state index is 0.188. The van der Waals surface area contributed by atoms with Crippen molar-refractivity contribution in [3.05, 3.63) is 69.5 Å². The first kappa shape index (κ1) is 15.3. The molecule has 0 saturated carbocycles. The third-order valence-corrected chi connectivity index (χ3v) is 3.98. The minimum Gasteiger partial charge on any atom is -0.319 e. The van der Waals surface area contributed by atoms with Crippen LogP contribution in [0, 0.1) is 5.82 Å². The van der Waals surface area contributed by atoms with Crippen LogP contribution in [0.4, 0.5) is 4.39 Å². The van der Waals surface area contributed by atoms with E-state index < -0.39 is 0 Å². The van der Waals surface area contributed by atoms with Gasteiger partial charge in [-0.2, -0.15) is 0 Å². The summed E-state index contributed by atoms with van der Waals surface area (Å²) in [6, 6.07) is 12.3. The maximum Gasteiger partial charge on any atom is 0.123 e. The van der Waals surface area contributed by atoms with Gasteiger partial charge in [0, 0.05) is 12.5 Å². The van der Waals surface area contributed by atoms with Crippen molar-refractivity contribution in [3.8, 4) is 0 Å². The van der Waals surface area contributed by atoms with Crippen molar-refractivity contribution in [1.82, 2.24) is 5.32 Å². The van der Waals surface area contributed by atoms with E-state index in [2.05, 4.69) is 5.32 Å². The van der Waals surface area contributed by atoms with Gasteiger partial charge in [-0.3, -0.25) is 0 Å². The lowest BCUT2D eigenvalue weighted by Crippen LogP contribution is -2.19. The average Bonchev–Trinajstić information content (AvgIpc) is 2.42. The molecule has 106 valence electrons. The van der Waals surface area contributed by atoms with E-state index in [1.54, 1.807) is 18.2 Å². The Bertz CT molecular complexity index is 586. The maximum atomic E-state index is 13.4. The van der Waals surface area contributed by atoms with E-state index in [1.165, 1.54) is 6.07 Å². The molecule has 0 heterocycles. The first-order valence-corrected chi connectivity index (χ1v) is 7.19. The molecule has 1 unspecified atom stereocenters. The Morgan fingerprint density at radius 3 is 2.55 bits per heavy atom. The van der Waals surface area contributed by atoms with E-state index in [4.69, 9.17) is 23.2 Å². The molecule has 20 heavy (non-hydrogen) atoms. The summed E-state index contributed by atoms with van der Waals surface area (Å²) >= 11 is 12.0. The van der Waals surface area contributed by atoms with Crippen LogP contribution in [-0.2, 0) is 6.42 Å². The topological polar surface area (TPSA) is 12.0 Å². The highest BCUT2D eigenvalue weighted by Gasteiger charge is 2.13. The number of nitrogens with one attached hydrogen (secondary N) is 1. The van der Waals surface area contributed by atoms with Gasteiger partial charge < -0.3 is 5.32 Å². The lowest BCUT2D eigenvalue weighted by Gasteiger charge is -2.17. The smallest absolute Gasteiger partial charge is 0.123 e. The predicted molar refractivity (Wildman–Crippen MR) is 83.2 cm³/mol. The molecule has 0 aliphatic carbocycles. The Morgan fingerprint density at radius 2 is 1.90 bits per heavy atom. The number of likely N-dealkylation sites (N-methyl/N-ethyl adjacent to an activating group) is 1. The molecule has 2 rings (SSSR count). The van der Waals surface area contributed by atoms with Crippen molar-refractivity contribution in [2.24, 2.45) is 0 Å². The van der Waals surface area contributed by atoms with Crippen LogP contribution < -0.4 is 5.32 Å². The van der Waals surface area contributed by atoms with Gasteiger partial charge in [-0.25, -0.2) is 4.39 Å². The molecule has 0 spiro atoms. The molecule has 2 aromatic carbocycles. The zero-order valence-corrected chi connectivity index (χ0v) is 12.7. The van der Waals surface area contributed by atoms with Crippen LogP contribution in [0.2, 0.25) is 10.0 Å². The van der Waals surface area contributed by atoms with Crippen molar-refractivity contribution >= 4 is 23.2 Å². The number of hydrogen-bond donors (Lipinski definition) is 1. The Hall–Kier alpha value is -1.09. The van der Waals surface area contributed by atoms with Crippen LogP contribution in [0.25, 0.3) is 0 Å². The number of rotatable bonds is 5. The van der Waals surface area contributed by atoms with E-state index in [9.17, 15) is 4.39 Å². The molecule has 0 fully saturated rings. The zero-order valence-electron chi connectivity index (χ0n) is 11.2. The van der Waals surface area contributed by atoms with Gasteiger partial charge >= 0.3 is 0 Å². The fraction of sp³-hybridized carbons (Fsp3) is 0.250. The first-order valence-electron chi connectivity index (χ1n) is 6.44. The Labute approximate surface area is 128 Å². The summed E-state index contributed by atoms with van der Waals surface area (Å²) in [6.45, 7) is 0.768. The zero-order chi connectivity index (χ0) is 14.5. The predicted octanol–water partition coefficient (Wildman–Crippen LogP) is 4.68. The van der Waals surface area contributed by atoms with Crippen LogP contribution in [0.5, 0.6) is 0 Å². The highest BCUT2D eigenvalue weighted by atomic mass is 35.5. The van der Waals surface area contributed by atoms with Crippen LogP contribution >= 0.6 is 23.2 Å². The van der Waals surface area contributed by atoms with E-state index in [0.29, 0.717) is 10.0 Å². The monoisotopic (exact) mass is 311 g/mol. The standard InChI is InChI=1S/C16H16Cl2FN/c1-20-10-13(12-3-2-4-14(19)9-12)7-11-5-6-15(17)16(18)8-11/h2-6,8-9,13,20H,7,10H2,1H3. The Morgan fingerprint density at radius 1 is 1.10 bits per heavy atom. The van der Waals surface area contributed by atoms with Crippen molar-refractivity contribution in [1.29, 1.82) is 0 Å². The molecule has 0 radical (unpaired) electrons. The molecule has 0 amide bonds. The number of halogens is 3. The third-order valence-electron chi connectivity index (χ3n) is 3.24. The van der Waals surface area contributed by atoms with Crippen LogP contribution in [0.3, 0.4) is 0 Å². The second-order valence-electron chi connectivity index (χ2n) is 4.76. The lowest BCUT2D eigenvalue weighted by atomic mass is 9.92. The molecule has 1 atom stereocenters. The van der Waals surface area contributed by atoms with Crippen LogP contribution in [-0.4, -0.2) is 13.6 Å². The second kappa shape index (κ2) is 7.07. The van der Waals surface area contributed by atoms with Gasteiger partial charge in [0.1, 0.15) is 5.82 Å². The molecule has 1 nitrogen and oxygen atoms in total. The molecular formula is C16H16Cl2FN. The Kier molecular flexibility index (Phi) is 5.41. The lowest BCUT2D eigenvalue weighted by molar-refractivity contribution is 0.601. The summed E-state index contributed by atoms with van der Waals surface area (Å²) in [5.41, 5.74) is 2.06. The molecule has 0 bridgehead atoms. The summed E-state index contributed by atoms with van der Waals surface area (Å²) in [7, 11) is 1.89. The number of benzene rings is 2. The molecule has 0 aromatic heterocycles. The summed E-state index contributed by atoms with van der Waals surface area (Å²) in [4.78, 5) is 0. The van der Waals surface area contributed by atoms with E-state index in [0.717, 1.165) is 24.1 Å². The van der Waals surface area contributed by atoms with Crippen molar-refractivity contribution < 1.29 is 4.39 Å². The average molecular weight is 312 g/mol. The third kappa shape index (κ3) is 3.95. The highest BCUT2D eigenvalue weighted by molar-refractivity contribution is 6.42. The summed E-state index contributed by atoms with van der Waals surface area (Å²) in [5.74, 6) is -0.0225. The quantitative estimate of drug-likeness (QED) is 0.845. The highest BCUT2D eigenvalue weighted by Crippen LogP contribution is 2.26. The van der Waals surface area contributed by atoms with Gasteiger partial charge in [-0.1, -0.05) is 41.4 Å². The van der Waals surface area contributed by atoms with Gasteiger partial charge in [0.2, 0.25) is 0 Å². The summed E-state index contributed by atoms with van der Waals surface area (Å²) in [6.07, 6.45) is 0.779. The van der Waals surface area contributed by atoms with Gasteiger partial charge in [0.15, 0.2) is 0 Å². The molecule has 2 aromatic rings. The maximum absolute atomic E-state index is 13.4. The molecular weight excluding hydrogens is 296 g/mol. The van der Waals surface area contributed by atoms with E-state index >= 15 is 0 Å². The number of hydrogen-bond acceptors (Lipinski definition) is 1. The SMILES string of the molecule is CNCC(Cc1ccc(Cl)c(Cl)c1)c1cccc(F)c1. The minimum atomic E-state index is -0.210. The normalized spacial score (nSPS) is 12.4. The molecule has 0 aliphatic heterocycles. The van der Waals surface area contributed by atoms with Crippen LogP contribution in [0.15, 0.2) is 42.5 Å². The largest absolute Gasteiger partial charge is 0.319 e. The second-order valence-corrected chi connectivity index (χ2v) is 5.58. The molecule has 0 saturated heterocycles. The molecule has 0 aliphatic rings. The molecule has 4 heteroatoms. The van der Waals surface area contributed by atoms with Gasteiger partial charge in [-0.05, 0) is 48.9 Å². The summed E-state index contributed by atoms with van der Waals surface area (Å²) < 4.78 is 13.4. The van der Waals surface area contributed by atoms with E-state index in [-0.39, 0.29) is 11.7 Å². The fourth-order valence-electron chi connectivity index (χ4n) is 2.27. The van der Waals surface area contributed by atoms with Crippen molar-refractivity contribution in [3.63, 3.8) is 0 Å². The Balaban J connectivity index is 2.22. The first-order chi connectivity index (χ1) is 9.60. The van der Waals surface area contributed by atoms with E-state index in [1.807, 2.05) is 25.2 Å².